The van der Waals surface area contributed by atoms with Crippen molar-refractivity contribution in [2.24, 2.45) is 0 Å². The molecule has 1 heterocycles. The summed E-state index contributed by atoms with van der Waals surface area (Å²) in [6, 6.07) is 6.25. The Bertz CT molecular complexity index is 744. The van der Waals surface area contributed by atoms with Crippen molar-refractivity contribution in [1.82, 2.24) is 9.21 Å². The van der Waals surface area contributed by atoms with E-state index in [0.717, 1.165) is 34.6 Å². The van der Waals surface area contributed by atoms with Crippen molar-refractivity contribution in [3.05, 3.63) is 24.3 Å². The molecule has 1 atom stereocenters. The molecule has 0 spiro atoms. The quantitative estimate of drug-likeness (QED) is 0.764. The normalized spacial score (nSPS) is 16.1. The predicted octanol–water partition coefficient (Wildman–Crippen LogP) is 2.38. The maximum Gasteiger partial charge on any atom is 0.242 e. The summed E-state index contributed by atoms with van der Waals surface area (Å²) in [5.74, 6) is -0.203. The molecule has 1 aromatic rings. The van der Waals surface area contributed by atoms with Crippen molar-refractivity contribution >= 4 is 49.9 Å². The van der Waals surface area contributed by atoms with Gasteiger partial charge < -0.3 is 10.2 Å². The molecule has 1 N–H and O–H groups in total. The van der Waals surface area contributed by atoms with Crippen LogP contribution in [0, 0.1) is 0 Å². The van der Waals surface area contributed by atoms with Gasteiger partial charge in [-0.2, -0.15) is 0 Å². The highest BCUT2D eigenvalue weighted by molar-refractivity contribution is 8.23. The fraction of sp³-hybridized carbons (Fsp3) is 0.500. The van der Waals surface area contributed by atoms with Crippen molar-refractivity contribution in [3.8, 4) is 0 Å². The van der Waals surface area contributed by atoms with Gasteiger partial charge in [0.1, 0.15) is 4.32 Å². The summed E-state index contributed by atoms with van der Waals surface area (Å²) in [6.45, 7) is 3.69. The fourth-order valence-electron chi connectivity index (χ4n) is 2.37. The van der Waals surface area contributed by atoms with Gasteiger partial charge in [0.15, 0.2) is 0 Å². The molecule has 0 bridgehead atoms. The number of carbonyl (C=O) groups excluding carboxylic acids is 1. The maximum absolute atomic E-state index is 12.4. The number of amides is 1. The van der Waals surface area contributed by atoms with E-state index in [1.54, 1.807) is 19.1 Å². The Morgan fingerprint density at radius 1 is 1.32 bits per heavy atom. The average Bonchev–Trinajstić information content (AvgIpc) is 3.09. The number of thioether (sulfide) groups is 1. The first-order chi connectivity index (χ1) is 11.7. The smallest absolute Gasteiger partial charge is 0.242 e. The summed E-state index contributed by atoms with van der Waals surface area (Å²) in [4.78, 5) is 14.6. The van der Waals surface area contributed by atoms with E-state index in [0.29, 0.717) is 5.69 Å². The van der Waals surface area contributed by atoms with E-state index in [1.165, 1.54) is 38.0 Å². The first-order valence-electron chi connectivity index (χ1n) is 8.01. The molecule has 9 heteroatoms. The van der Waals surface area contributed by atoms with E-state index in [9.17, 15) is 13.2 Å². The van der Waals surface area contributed by atoms with Crippen molar-refractivity contribution < 1.29 is 13.2 Å². The van der Waals surface area contributed by atoms with Crippen LogP contribution in [0.15, 0.2) is 29.2 Å². The van der Waals surface area contributed by atoms with Crippen LogP contribution in [0.1, 0.15) is 19.8 Å². The highest BCUT2D eigenvalue weighted by Gasteiger charge is 2.22. The Labute approximate surface area is 159 Å². The zero-order valence-corrected chi connectivity index (χ0v) is 17.0. The molecule has 0 unspecified atom stereocenters. The van der Waals surface area contributed by atoms with Gasteiger partial charge in [-0.25, -0.2) is 12.7 Å². The van der Waals surface area contributed by atoms with Gasteiger partial charge in [-0.15, -0.1) is 0 Å². The molecular weight excluding hydrogens is 378 g/mol. The minimum atomic E-state index is -3.54. The third-order valence-electron chi connectivity index (χ3n) is 3.89. The molecule has 1 aromatic carbocycles. The van der Waals surface area contributed by atoms with Crippen LogP contribution < -0.4 is 5.32 Å². The molecule has 0 aromatic heterocycles. The summed E-state index contributed by atoms with van der Waals surface area (Å²) in [6.07, 6.45) is 2.27. The van der Waals surface area contributed by atoms with Gasteiger partial charge in [0.25, 0.3) is 0 Å². The van der Waals surface area contributed by atoms with E-state index in [1.807, 2.05) is 0 Å². The molecule has 1 aliphatic heterocycles. The molecule has 0 radical (unpaired) electrons. The Morgan fingerprint density at radius 2 is 1.96 bits per heavy atom. The highest BCUT2D eigenvalue weighted by atomic mass is 32.2. The minimum absolute atomic E-state index is 0.142. The van der Waals surface area contributed by atoms with Gasteiger partial charge in [0, 0.05) is 32.9 Å². The molecule has 138 valence electrons. The highest BCUT2D eigenvalue weighted by Crippen LogP contribution is 2.22. The van der Waals surface area contributed by atoms with E-state index < -0.39 is 10.0 Å². The van der Waals surface area contributed by atoms with E-state index in [-0.39, 0.29) is 16.1 Å². The lowest BCUT2D eigenvalue weighted by molar-refractivity contribution is -0.115. The summed E-state index contributed by atoms with van der Waals surface area (Å²) in [5, 5.41) is 2.41. The molecule has 0 aliphatic carbocycles. The van der Waals surface area contributed by atoms with Gasteiger partial charge >= 0.3 is 0 Å². The number of nitrogens with one attached hydrogen (secondary N) is 1. The van der Waals surface area contributed by atoms with Crippen molar-refractivity contribution in [1.29, 1.82) is 0 Å². The summed E-state index contributed by atoms with van der Waals surface area (Å²) in [7, 11) is -0.594. The first kappa shape index (κ1) is 20.2. The second kappa shape index (κ2) is 8.48. The molecular formula is C16H23N3O3S3. The number of rotatable bonds is 5. The Hall–Kier alpha value is -1.16. The number of benzene rings is 1. The van der Waals surface area contributed by atoms with E-state index >= 15 is 0 Å². The molecule has 1 aliphatic rings. The number of hydrogen-bond acceptors (Lipinski definition) is 5. The number of sulfonamides is 1. The van der Waals surface area contributed by atoms with E-state index in [2.05, 4.69) is 10.2 Å². The molecule has 6 nitrogen and oxygen atoms in total. The summed E-state index contributed by atoms with van der Waals surface area (Å²) in [5.41, 5.74) is 0.451. The van der Waals surface area contributed by atoms with Crippen LogP contribution in [-0.2, 0) is 14.8 Å². The number of carbonyl (C=O) groups is 1. The number of hydrogen-bond donors (Lipinski definition) is 1. The van der Waals surface area contributed by atoms with Gasteiger partial charge in [-0.1, -0.05) is 30.0 Å². The summed E-state index contributed by atoms with van der Waals surface area (Å²) >= 11 is 6.75. The summed E-state index contributed by atoms with van der Waals surface area (Å²) < 4.78 is 26.2. The van der Waals surface area contributed by atoms with Crippen LogP contribution in [0.5, 0.6) is 0 Å². The monoisotopic (exact) mass is 401 g/mol. The van der Waals surface area contributed by atoms with Crippen molar-refractivity contribution in [2.75, 3.05) is 32.5 Å². The minimum Gasteiger partial charge on any atom is -0.358 e. The van der Waals surface area contributed by atoms with Gasteiger partial charge in [-0.3, -0.25) is 4.79 Å². The van der Waals surface area contributed by atoms with Gasteiger partial charge in [0.05, 0.1) is 10.1 Å². The zero-order valence-electron chi connectivity index (χ0n) is 14.6. The Kier molecular flexibility index (Phi) is 6.84. The first-order valence-corrected chi connectivity index (χ1v) is 10.7. The topological polar surface area (TPSA) is 69.7 Å². The van der Waals surface area contributed by atoms with Crippen LogP contribution in [0.4, 0.5) is 5.69 Å². The van der Waals surface area contributed by atoms with Gasteiger partial charge in [-0.05, 0) is 38.0 Å². The maximum atomic E-state index is 12.4. The average molecular weight is 402 g/mol. The number of likely N-dealkylation sites (tertiary alicyclic amines) is 1. The van der Waals surface area contributed by atoms with E-state index in [4.69, 9.17) is 12.2 Å². The second-order valence-corrected chi connectivity index (χ2v) is 10.2. The van der Waals surface area contributed by atoms with Crippen LogP contribution in [-0.4, -0.2) is 60.3 Å². The number of thiocarbonyl (C=S) groups is 1. The van der Waals surface area contributed by atoms with Crippen LogP contribution in [0.25, 0.3) is 0 Å². The second-order valence-electron chi connectivity index (χ2n) is 6.02. The molecule has 0 saturated carbocycles. The standard InChI is InChI=1S/C16H23N3O3S3/c1-12(24-16(23)19-9-4-5-10-19)15(20)17-13-7-6-8-14(11-13)25(21,22)18(2)3/h6-8,11-12H,4-5,9-10H2,1-3H3,(H,17,20)/t12-/m0/s1. The van der Waals surface area contributed by atoms with Crippen LogP contribution in [0.2, 0.25) is 0 Å². The molecule has 25 heavy (non-hydrogen) atoms. The Morgan fingerprint density at radius 3 is 2.56 bits per heavy atom. The van der Waals surface area contributed by atoms with Crippen LogP contribution in [0.3, 0.4) is 0 Å². The van der Waals surface area contributed by atoms with Crippen LogP contribution >= 0.6 is 24.0 Å². The lowest BCUT2D eigenvalue weighted by Gasteiger charge is -2.20. The van der Waals surface area contributed by atoms with Crippen molar-refractivity contribution in [3.63, 3.8) is 0 Å². The molecule has 1 fully saturated rings. The lowest BCUT2D eigenvalue weighted by Crippen LogP contribution is -2.29. The van der Waals surface area contributed by atoms with Gasteiger partial charge in [0.2, 0.25) is 15.9 Å². The lowest BCUT2D eigenvalue weighted by atomic mass is 10.3. The van der Waals surface area contributed by atoms with Crippen molar-refractivity contribution in [2.45, 2.75) is 29.9 Å². The number of nitrogens with zero attached hydrogens (tertiary/aromatic N) is 2. The largest absolute Gasteiger partial charge is 0.358 e. The predicted molar refractivity (Wildman–Crippen MR) is 106 cm³/mol. The third-order valence-corrected chi connectivity index (χ3v) is 7.28. The fourth-order valence-corrected chi connectivity index (χ4v) is 4.73. The molecule has 1 saturated heterocycles. The Balaban J connectivity index is 2.01. The molecule has 1 amide bonds. The number of anilines is 1. The zero-order chi connectivity index (χ0) is 18.6. The third kappa shape index (κ3) is 5.16. The SMILES string of the molecule is C[C@H](SC(=S)N1CCCC1)C(=O)Nc1cccc(S(=O)(=O)N(C)C)c1. The molecule has 2 rings (SSSR count).